The van der Waals surface area contributed by atoms with Crippen molar-refractivity contribution in [3.05, 3.63) is 41.7 Å². The Bertz CT molecular complexity index is 810. The normalized spacial score (nSPS) is 20.2. The third kappa shape index (κ3) is 3.63. The lowest BCUT2D eigenvalue weighted by Gasteiger charge is -2.29. The molecule has 1 fully saturated rings. The van der Waals surface area contributed by atoms with Crippen molar-refractivity contribution < 1.29 is 23.5 Å². The van der Waals surface area contributed by atoms with Gasteiger partial charge in [0.2, 0.25) is 0 Å². The fourth-order valence-electron chi connectivity index (χ4n) is 2.69. The Hall–Kier alpha value is -2.88. The zero-order valence-corrected chi connectivity index (χ0v) is 12.9. The number of halogens is 2. The smallest absolute Gasteiger partial charge is 0.309 e. The highest BCUT2D eigenvalue weighted by Gasteiger charge is 2.32. The van der Waals surface area contributed by atoms with Crippen molar-refractivity contribution in [2.24, 2.45) is 5.92 Å². The number of carbonyl (C=O) groups excluding carboxylic acids is 1. The maximum Gasteiger partial charge on any atom is 0.309 e. The molecule has 0 bridgehead atoms. The summed E-state index contributed by atoms with van der Waals surface area (Å²) in [7, 11) is 0. The summed E-state index contributed by atoms with van der Waals surface area (Å²) in [6, 6.07) is 2.39. The fourth-order valence-corrected chi connectivity index (χ4v) is 2.69. The summed E-state index contributed by atoms with van der Waals surface area (Å²) in [5.41, 5.74) is -0.148. The van der Waals surface area contributed by atoms with E-state index in [4.69, 9.17) is 0 Å². The molecular weight excluding hydrogens is 336 g/mol. The first-order chi connectivity index (χ1) is 12.0. The minimum absolute atomic E-state index is 0.0572. The van der Waals surface area contributed by atoms with Crippen LogP contribution in [0.2, 0.25) is 0 Å². The van der Waals surface area contributed by atoms with Crippen molar-refractivity contribution in [1.29, 1.82) is 0 Å². The molecule has 1 aromatic carbocycles. The van der Waals surface area contributed by atoms with Gasteiger partial charge in [0.05, 0.1) is 12.1 Å². The second kappa shape index (κ2) is 6.93. The molecule has 25 heavy (non-hydrogen) atoms. The van der Waals surface area contributed by atoms with E-state index in [1.165, 1.54) is 12.3 Å². The van der Waals surface area contributed by atoms with Crippen molar-refractivity contribution in [3.8, 4) is 5.69 Å². The molecule has 1 aliphatic heterocycles. The molecule has 0 spiro atoms. The molecule has 1 saturated heterocycles. The van der Waals surface area contributed by atoms with Gasteiger partial charge in [-0.05, 0) is 25.1 Å². The zero-order chi connectivity index (χ0) is 18.0. The number of aliphatic carboxylic acids is 1. The quantitative estimate of drug-likeness (QED) is 0.733. The van der Waals surface area contributed by atoms with Crippen LogP contribution in [0.4, 0.5) is 8.78 Å². The van der Waals surface area contributed by atoms with Gasteiger partial charge in [-0.2, -0.15) is 0 Å². The molecule has 132 valence electrons. The summed E-state index contributed by atoms with van der Waals surface area (Å²) in [5, 5.41) is 22.1. The van der Waals surface area contributed by atoms with Crippen molar-refractivity contribution >= 4 is 11.9 Å². The Morgan fingerprint density at radius 3 is 2.88 bits per heavy atom. The molecule has 2 atom stereocenters. The van der Waals surface area contributed by atoms with Crippen LogP contribution < -0.4 is 10.6 Å². The fraction of sp³-hybridized carbons (Fsp3) is 0.333. The number of piperidine rings is 1. The molecule has 3 rings (SSSR count). The maximum atomic E-state index is 13.8. The van der Waals surface area contributed by atoms with Crippen LogP contribution >= 0.6 is 0 Å². The molecule has 0 aliphatic carbocycles. The SMILES string of the molecule is O=C(NC1CCNCC1C(=O)O)c1cn(-c2ccc(F)cc2F)nn1. The second-order valence-corrected chi connectivity index (χ2v) is 5.66. The van der Waals surface area contributed by atoms with Crippen LogP contribution in [0.3, 0.4) is 0 Å². The largest absolute Gasteiger partial charge is 0.481 e. The molecule has 1 aromatic heterocycles. The lowest BCUT2D eigenvalue weighted by molar-refractivity contribution is -0.143. The Morgan fingerprint density at radius 1 is 1.36 bits per heavy atom. The van der Waals surface area contributed by atoms with Crippen LogP contribution in [0.25, 0.3) is 5.69 Å². The molecule has 2 unspecified atom stereocenters. The van der Waals surface area contributed by atoms with Gasteiger partial charge in [0.1, 0.15) is 11.5 Å². The molecule has 2 aromatic rings. The van der Waals surface area contributed by atoms with Gasteiger partial charge in [-0.25, -0.2) is 13.5 Å². The average molecular weight is 351 g/mol. The van der Waals surface area contributed by atoms with Gasteiger partial charge < -0.3 is 15.7 Å². The number of nitrogens with one attached hydrogen (secondary N) is 2. The number of amides is 1. The molecule has 8 nitrogen and oxygen atoms in total. The number of benzene rings is 1. The van der Waals surface area contributed by atoms with Gasteiger partial charge in [-0.1, -0.05) is 5.21 Å². The highest BCUT2D eigenvalue weighted by Crippen LogP contribution is 2.15. The molecule has 2 heterocycles. The Morgan fingerprint density at radius 2 is 2.16 bits per heavy atom. The van der Waals surface area contributed by atoms with E-state index in [0.29, 0.717) is 19.0 Å². The van der Waals surface area contributed by atoms with Gasteiger partial charge in [0, 0.05) is 18.7 Å². The average Bonchev–Trinajstić information content (AvgIpc) is 3.05. The van der Waals surface area contributed by atoms with Crippen LogP contribution in [0.5, 0.6) is 0 Å². The highest BCUT2D eigenvalue weighted by molar-refractivity contribution is 5.92. The van der Waals surface area contributed by atoms with E-state index in [1.807, 2.05) is 0 Å². The number of carboxylic acids is 1. The van der Waals surface area contributed by atoms with Gasteiger partial charge in [0.15, 0.2) is 11.5 Å². The number of hydrogen-bond donors (Lipinski definition) is 3. The van der Waals surface area contributed by atoms with Crippen LogP contribution in [-0.4, -0.2) is 51.1 Å². The molecular formula is C15H15F2N5O3. The van der Waals surface area contributed by atoms with Crippen molar-refractivity contribution in [1.82, 2.24) is 25.6 Å². The van der Waals surface area contributed by atoms with Crippen molar-refractivity contribution in [2.75, 3.05) is 13.1 Å². The van der Waals surface area contributed by atoms with Crippen LogP contribution in [0.1, 0.15) is 16.9 Å². The minimum atomic E-state index is -1.01. The number of aromatic nitrogens is 3. The zero-order valence-electron chi connectivity index (χ0n) is 12.9. The monoisotopic (exact) mass is 351 g/mol. The molecule has 1 aliphatic rings. The number of carboxylic acid groups (broad SMARTS) is 1. The Kier molecular flexibility index (Phi) is 4.70. The number of hydrogen-bond acceptors (Lipinski definition) is 5. The van der Waals surface area contributed by atoms with E-state index in [9.17, 15) is 23.5 Å². The molecule has 10 heteroatoms. The standard InChI is InChI=1S/C15H15F2N5O3/c16-8-1-2-13(10(17)5-8)22-7-12(20-21-22)14(23)19-11-3-4-18-6-9(11)15(24)25/h1-2,5,7,9,11,18H,3-4,6H2,(H,19,23)(H,24,25). The third-order valence-electron chi connectivity index (χ3n) is 4.00. The van der Waals surface area contributed by atoms with E-state index in [0.717, 1.165) is 10.7 Å². The predicted molar refractivity (Wildman–Crippen MR) is 81.1 cm³/mol. The second-order valence-electron chi connectivity index (χ2n) is 5.66. The minimum Gasteiger partial charge on any atom is -0.481 e. The van der Waals surface area contributed by atoms with E-state index >= 15 is 0 Å². The van der Waals surface area contributed by atoms with Gasteiger partial charge in [-0.15, -0.1) is 5.10 Å². The van der Waals surface area contributed by atoms with Gasteiger partial charge in [-0.3, -0.25) is 9.59 Å². The van der Waals surface area contributed by atoms with E-state index in [-0.39, 0.29) is 17.9 Å². The van der Waals surface area contributed by atoms with Crippen LogP contribution in [0.15, 0.2) is 24.4 Å². The summed E-state index contributed by atoms with van der Waals surface area (Å²) in [6.45, 7) is 0.843. The first-order valence-electron chi connectivity index (χ1n) is 7.58. The lowest BCUT2D eigenvalue weighted by Crippen LogP contribution is -2.52. The molecule has 1 amide bonds. The maximum absolute atomic E-state index is 13.8. The summed E-state index contributed by atoms with van der Waals surface area (Å²) >= 11 is 0. The van der Waals surface area contributed by atoms with Crippen molar-refractivity contribution in [2.45, 2.75) is 12.5 Å². The number of carbonyl (C=O) groups is 2. The molecule has 3 N–H and O–H groups in total. The van der Waals surface area contributed by atoms with Crippen LogP contribution in [-0.2, 0) is 4.79 Å². The summed E-state index contributed by atoms with van der Waals surface area (Å²) in [6.07, 6.45) is 1.66. The molecule has 0 saturated carbocycles. The van der Waals surface area contributed by atoms with E-state index in [2.05, 4.69) is 20.9 Å². The first-order valence-corrected chi connectivity index (χ1v) is 7.58. The Labute approximate surface area is 140 Å². The van der Waals surface area contributed by atoms with Gasteiger partial charge in [0.25, 0.3) is 5.91 Å². The number of rotatable bonds is 4. The predicted octanol–water partition coefficient (Wildman–Crippen LogP) is 0.338. The van der Waals surface area contributed by atoms with Gasteiger partial charge >= 0.3 is 5.97 Å². The summed E-state index contributed by atoms with van der Waals surface area (Å²) in [4.78, 5) is 23.5. The first kappa shape index (κ1) is 17.0. The van der Waals surface area contributed by atoms with E-state index < -0.39 is 35.5 Å². The lowest BCUT2D eigenvalue weighted by atomic mass is 9.93. The summed E-state index contributed by atoms with van der Waals surface area (Å²) < 4.78 is 27.7. The Balaban J connectivity index is 1.75. The van der Waals surface area contributed by atoms with E-state index in [1.54, 1.807) is 0 Å². The highest BCUT2D eigenvalue weighted by atomic mass is 19.1. The topological polar surface area (TPSA) is 109 Å². The summed E-state index contributed by atoms with van der Waals surface area (Å²) in [5.74, 6) is -3.94. The number of nitrogens with zero attached hydrogens (tertiary/aromatic N) is 3. The third-order valence-corrected chi connectivity index (χ3v) is 4.00. The van der Waals surface area contributed by atoms with Crippen molar-refractivity contribution in [3.63, 3.8) is 0 Å². The molecule has 0 radical (unpaired) electrons. The van der Waals surface area contributed by atoms with Crippen LogP contribution in [0, 0.1) is 17.6 Å².